The van der Waals surface area contributed by atoms with E-state index in [0.29, 0.717) is 19.4 Å². The van der Waals surface area contributed by atoms with Crippen LogP contribution in [0.1, 0.15) is 32.6 Å². The number of rotatable bonds is 9. The minimum Gasteiger partial charge on any atom is -0.481 e. The highest BCUT2D eigenvalue weighted by molar-refractivity contribution is 5.70. The van der Waals surface area contributed by atoms with Crippen molar-refractivity contribution in [3.05, 3.63) is 0 Å². The first-order valence-corrected chi connectivity index (χ1v) is 7.16. The van der Waals surface area contributed by atoms with Gasteiger partial charge in [0.2, 0.25) is 0 Å². The van der Waals surface area contributed by atoms with Crippen LogP contribution in [0.15, 0.2) is 0 Å². The zero-order chi connectivity index (χ0) is 15.0. The van der Waals surface area contributed by atoms with Gasteiger partial charge in [-0.1, -0.05) is 0 Å². The van der Waals surface area contributed by atoms with E-state index in [9.17, 15) is 9.90 Å². The first-order chi connectivity index (χ1) is 9.52. The molecular formula is C14H26O6. The molecular weight excluding hydrogens is 264 g/mol. The van der Waals surface area contributed by atoms with E-state index in [1.165, 1.54) is 0 Å². The molecule has 0 amide bonds. The van der Waals surface area contributed by atoms with Crippen LogP contribution in [0.2, 0.25) is 0 Å². The van der Waals surface area contributed by atoms with Crippen LogP contribution in [0.3, 0.4) is 0 Å². The van der Waals surface area contributed by atoms with Crippen molar-refractivity contribution in [2.24, 2.45) is 5.92 Å². The number of carbonyl (C=O) groups is 1. The molecule has 0 aromatic heterocycles. The zero-order valence-electron chi connectivity index (χ0n) is 12.3. The summed E-state index contributed by atoms with van der Waals surface area (Å²) >= 11 is 0. The fourth-order valence-electron chi connectivity index (χ4n) is 2.33. The average Bonchev–Trinajstić information content (AvgIpc) is 2.43. The number of aliphatic carboxylic acids is 1. The van der Waals surface area contributed by atoms with E-state index in [2.05, 4.69) is 0 Å². The van der Waals surface area contributed by atoms with Gasteiger partial charge >= 0.3 is 5.97 Å². The number of carboxylic acid groups (broad SMARTS) is 1. The maximum absolute atomic E-state index is 10.8. The number of methoxy groups -OCH3 is 1. The molecule has 1 fully saturated rings. The second-order valence-corrected chi connectivity index (χ2v) is 5.40. The smallest absolute Gasteiger partial charge is 0.306 e. The first kappa shape index (κ1) is 17.4. The van der Waals surface area contributed by atoms with Gasteiger partial charge in [0.1, 0.15) is 6.10 Å². The largest absolute Gasteiger partial charge is 0.481 e. The highest BCUT2D eigenvalue weighted by Gasteiger charge is 2.26. The highest BCUT2D eigenvalue weighted by Crippen LogP contribution is 2.26. The van der Waals surface area contributed by atoms with Crippen LogP contribution in [0.5, 0.6) is 0 Å². The predicted molar refractivity (Wildman–Crippen MR) is 72.6 cm³/mol. The Morgan fingerprint density at radius 2 is 1.85 bits per heavy atom. The molecule has 0 aromatic carbocycles. The quantitative estimate of drug-likeness (QED) is 0.660. The Morgan fingerprint density at radius 3 is 2.40 bits per heavy atom. The Labute approximate surface area is 120 Å². The maximum Gasteiger partial charge on any atom is 0.306 e. The molecule has 0 spiro atoms. The average molecular weight is 290 g/mol. The monoisotopic (exact) mass is 290 g/mol. The van der Waals surface area contributed by atoms with Crippen molar-refractivity contribution < 1.29 is 29.2 Å². The minimum atomic E-state index is -0.719. The summed E-state index contributed by atoms with van der Waals surface area (Å²) in [4.78, 5) is 10.8. The number of ether oxygens (including phenoxy) is 3. The summed E-state index contributed by atoms with van der Waals surface area (Å²) in [5.41, 5.74) is 0. The van der Waals surface area contributed by atoms with E-state index in [0.717, 1.165) is 12.8 Å². The summed E-state index contributed by atoms with van der Waals surface area (Å²) < 4.78 is 15.9. The van der Waals surface area contributed by atoms with E-state index in [1.54, 1.807) is 7.11 Å². The van der Waals surface area contributed by atoms with E-state index in [4.69, 9.17) is 19.3 Å². The third-order valence-corrected chi connectivity index (χ3v) is 3.52. The standard InChI is InChI=1S/C14H26O6/c1-10(7-18-2)19-8-12(15)9-20-13-5-3-11(4-6-13)14(16)17/h10-13,15H,3-9H2,1-2H3,(H,16,17). The van der Waals surface area contributed by atoms with Crippen molar-refractivity contribution in [3.63, 3.8) is 0 Å². The lowest BCUT2D eigenvalue weighted by Gasteiger charge is -2.27. The molecule has 1 saturated carbocycles. The van der Waals surface area contributed by atoms with Crippen LogP contribution < -0.4 is 0 Å². The lowest BCUT2D eigenvalue weighted by molar-refractivity contribution is -0.144. The Kier molecular flexibility index (Phi) is 8.06. The number of aliphatic hydroxyl groups excluding tert-OH is 1. The summed E-state index contributed by atoms with van der Waals surface area (Å²) in [7, 11) is 1.60. The fraction of sp³-hybridized carbons (Fsp3) is 0.929. The third-order valence-electron chi connectivity index (χ3n) is 3.52. The van der Waals surface area contributed by atoms with E-state index >= 15 is 0 Å². The van der Waals surface area contributed by atoms with Crippen molar-refractivity contribution in [1.82, 2.24) is 0 Å². The lowest BCUT2D eigenvalue weighted by Crippen LogP contribution is -2.31. The molecule has 0 saturated heterocycles. The van der Waals surface area contributed by atoms with Gasteiger partial charge in [0, 0.05) is 7.11 Å². The lowest BCUT2D eigenvalue weighted by atomic mass is 9.87. The second-order valence-electron chi connectivity index (χ2n) is 5.40. The van der Waals surface area contributed by atoms with Crippen LogP contribution in [0, 0.1) is 5.92 Å². The van der Waals surface area contributed by atoms with Crippen LogP contribution in [0.25, 0.3) is 0 Å². The summed E-state index contributed by atoms with van der Waals surface area (Å²) in [6, 6.07) is 0. The molecule has 2 N–H and O–H groups in total. The molecule has 1 rings (SSSR count). The van der Waals surface area contributed by atoms with Gasteiger partial charge in [-0.25, -0.2) is 0 Å². The first-order valence-electron chi connectivity index (χ1n) is 7.16. The van der Waals surface area contributed by atoms with Gasteiger partial charge < -0.3 is 24.4 Å². The predicted octanol–water partition coefficient (Wildman–Crippen LogP) is 1.06. The zero-order valence-corrected chi connectivity index (χ0v) is 12.3. The third kappa shape index (κ3) is 6.65. The van der Waals surface area contributed by atoms with Crippen molar-refractivity contribution in [2.45, 2.75) is 50.9 Å². The van der Waals surface area contributed by atoms with E-state index < -0.39 is 12.1 Å². The van der Waals surface area contributed by atoms with Gasteiger partial charge in [0.05, 0.1) is 37.9 Å². The molecule has 2 atom stereocenters. The number of carboxylic acids is 1. The molecule has 20 heavy (non-hydrogen) atoms. The van der Waals surface area contributed by atoms with Gasteiger partial charge in [-0.2, -0.15) is 0 Å². The van der Waals surface area contributed by atoms with E-state index in [-0.39, 0.29) is 31.3 Å². The maximum atomic E-state index is 10.8. The SMILES string of the molecule is COCC(C)OCC(O)COC1CCC(C(=O)O)CC1. The fourth-order valence-corrected chi connectivity index (χ4v) is 2.33. The highest BCUT2D eigenvalue weighted by atomic mass is 16.5. The van der Waals surface area contributed by atoms with Crippen LogP contribution in [-0.4, -0.2) is 61.4 Å². The Bertz CT molecular complexity index is 275. The number of hydrogen-bond acceptors (Lipinski definition) is 5. The Balaban J connectivity index is 2.10. The van der Waals surface area contributed by atoms with Crippen molar-refractivity contribution >= 4 is 5.97 Å². The van der Waals surface area contributed by atoms with Gasteiger partial charge in [0.15, 0.2) is 0 Å². The second kappa shape index (κ2) is 9.28. The minimum absolute atomic E-state index is 0.0525. The van der Waals surface area contributed by atoms with Crippen LogP contribution >= 0.6 is 0 Å². The Morgan fingerprint density at radius 1 is 1.20 bits per heavy atom. The molecule has 0 radical (unpaired) electrons. The summed E-state index contributed by atoms with van der Waals surface area (Å²) in [6.45, 7) is 2.81. The molecule has 1 aliphatic carbocycles. The van der Waals surface area contributed by atoms with Crippen LogP contribution in [-0.2, 0) is 19.0 Å². The molecule has 0 aromatic rings. The van der Waals surface area contributed by atoms with Gasteiger partial charge in [0.25, 0.3) is 0 Å². The van der Waals surface area contributed by atoms with Crippen molar-refractivity contribution in [1.29, 1.82) is 0 Å². The molecule has 2 unspecified atom stereocenters. The topological polar surface area (TPSA) is 85.2 Å². The van der Waals surface area contributed by atoms with Crippen LogP contribution in [0.4, 0.5) is 0 Å². The van der Waals surface area contributed by atoms with Crippen molar-refractivity contribution in [3.8, 4) is 0 Å². The van der Waals surface area contributed by atoms with Crippen molar-refractivity contribution in [2.75, 3.05) is 26.9 Å². The molecule has 6 heteroatoms. The molecule has 1 aliphatic rings. The number of hydrogen-bond donors (Lipinski definition) is 2. The summed E-state index contributed by atoms with van der Waals surface area (Å²) in [5.74, 6) is -0.956. The molecule has 118 valence electrons. The molecule has 0 bridgehead atoms. The Hall–Kier alpha value is -0.690. The normalized spacial score (nSPS) is 26.1. The van der Waals surface area contributed by atoms with Gasteiger partial charge in [-0.05, 0) is 32.6 Å². The molecule has 0 heterocycles. The van der Waals surface area contributed by atoms with E-state index in [1.807, 2.05) is 6.92 Å². The molecule has 0 aliphatic heterocycles. The summed E-state index contributed by atoms with van der Waals surface area (Å²) in [6.07, 6.45) is 2.12. The van der Waals surface area contributed by atoms with Gasteiger partial charge in [-0.3, -0.25) is 4.79 Å². The number of aliphatic hydroxyl groups is 1. The van der Waals surface area contributed by atoms with Gasteiger partial charge in [-0.15, -0.1) is 0 Å². The molecule has 6 nitrogen and oxygen atoms in total. The summed E-state index contributed by atoms with van der Waals surface area (Å²) in [5, 5.41) is 18.7.